The summed E-state index contributed by atoms with van der Waals surface area (Å²) in [6.45, 7) is 0.225. The highest BCUT2D eigenvalue weighted by Crippen LogP contribution is 2.30. The zero-order valence-electron chi connectivity index (χ0n) is 10.7. The maximum atomic E-state index is 9.32. The summed E-state index contributed by atoms with van der Waals surface area (Å²) in [5.74, 6) is 0.914. The zero-order valence-corrected chi connectivity index (χ0v) is 10.7. The van der Waals surface area contributed by atoms with Gasteiger partial charge in [0.1, 0.15) is 6.79 Å². The quantitative estimate of drug-likeness (QED) is 0.389. The molecule has 0 aliphatic carbocycles. The van der Waals surface area contributed by atoms with Gasteiger partial charge in [-0.2, -0.15) is 0 Å². The van der Waals surface area contributed by atoms with Crippen LogP contribution in [0.3, 0.4) is 0 Å². The van der Waals surface area contributed by atoms with Crippen LogP contribution in [0.2, 0.25) is 0 Å². The first-order valence-electron chi connectivity index (χ1n) is 5.32. The normalized spacial score (nSPS) is 10.3. The van der Waals surface area contributed by atoms with Crippen molar-refractivity contribution in [2.24, 2.45) is 0 Å². The van der Waals surface area contributed by atoms with Crippen molar-refractivity contribution in [1.29, 1.82) is 0 Å². The minimum Gasteiger partial charge on any atom is -0.493 e. The minimum atomic E-state index is -1.61. The average Bonchev–Trinajstić information content (AvgIpc) is 2.37. The maximum absolute atomic E-state index is 9.32. The number of benzene rings is 1. The Kier molecular flexibility index (Phi) is 5.93. The van der Waals surface area contributed by atoms with E-state index in [1.54, 1.807) is 12.1 Å². The van der Waals surface area contributed by atoms with E-state index in [9.17, 15) is 10.0 Å². The fourth-order valence-corrected chi connectivity index (χ4v) is 1.62. The van der Waals surface area contributed by atoms with Crippen molar-refractivity contribution in [1.82, 2.24) is 0 Å². The first-order chi connectivity index (χ1) is 8.65. The molecule has 6 nitrogen and oxygen atoms in total. The molecule has 0 atom stereocenters. The Labute approximate surface area is 106 Å². The van der Waals surface area contributed by atoms with Crippen molar-refractivity contribution < 1.29 is 29.0 Å². The summed E-state index contributed by atoms with van der Waals surface area (Å²) in [5.41, 5.74) is 0.827. The van der Waals surface area contributed by atoms with Crippen LogP contribution in [0.25, 0.3) is 0 Å². The third kappa shape index (κ3) is 3.36. The first kappa shape index (κ1) is 14.8. The summed E-state index contributed by atoms with van der Waals surface area (Å²) in [4.78, 5) is 0. The third-order valence-corrected chi connectivity index (χ3v) is 2.41. The van der Waals surface area contributed by atoms with Crippen molar-refractivity contribution in [3.8, 4) is 11.5 Å². The van der Waals surface area contributed by atoms with Gasteiger partial charge in [0.2, 0.25) is 0 Å². The van der Waals surface area contributed by atoms with E-state index in [-0.39, 0.29) is 13.4 Å². The van der Waals surface area contributed by atoms with E-state index in [4.69, 9.17) is 18.9 Å². The molecule has 0 saturated carbocycles. The summed E-state index contributed by atoms with van der Waals surface area (Å²) < 4.78 is 20.4. The average molecular weight is 256 g/mol. The van der Waals surface area contributed by atoms with Gasteiger partial charge in [0.25, 0.3) is 0 Å². The molecule has 0 spiro atoms. The summed E-state index contributed by atoms with van der Waals surface area (Å²) in [6.07, 6.45) is 0. The van der Waals surface area contributed by atoms with Crippen molar-refractivity contribution in [2.45, 2.75) is 6.61 Å². The Balaban J connectivity index is 3.12. The molecule has 0 heterocycles. The van der Waals surface area contributed by atoms with Gasteiger partial charge in [-0.1, -0.05) is 6.07 Å². The van der Waals surface area contributed by atoms with E-state index in [2.05, 4.69) is 0 Å². The van der Waals surface area contributed by atoms with Gasteiger partial charge in [0, 0.05) is 12.7 Å². The van der Waals surface area contributed by atoms with Gasteiger partial charge in [-0.25, -0.2) is 0 Å². The number of methoxy groups -OCH3 is 3. The van der Waals surface area contributed by atoms with Gasteiger partial charge in [-0.15, -0.1) is 0 Å². The highest BCUT2D eigenvalue weighted by molar-refractivity contribution is 6.59. The van der Waals surface area contributed by atoms with E-state index in [1.807, 2.05) is 0 Å². The lowest BCUT2D eigenvalue weighted by Crippen LogP contribution is -2.33. The molecule has 100 valence electrons. The standard InChI is InChI=1S/C11H17BO6/c1-15-7-18-6-8-9(12(13)14)4-5-10(16-2)11(8)17-3/h4-5,13-14H,6-7H2,1-3H3. The molecule has 1 aromatic rings. The summed E-state index contributed by atoms with van der Waals surface area (Å²) in [6, 6.07) is 3.16. The van der Waals surface area contributed by atoms with Gasteiger partial charge in [-0.3, -0.25) is 0 Å². The molecule has 1 rings (SSSR count). The second kappa shape index (κ2) is 7.22. The summed E-state index contributed by atoms with van der Waals surface area (Å²) in [5, 5.41) is 18.6. The molecule has 7 heteroatoms. The molecule has 0 unspecified atom stereocenters. The van der Waals surface area contributed by atoms with Crippen LogP contribution in [-0.4, -0.2) is 45.3 Å². The minimum absolute atomic E-state index is 0.0985. The Morgan fingerprint density at radius 1 is 1.11 bits per heavy atom. The second-order valence-electron chi connectivity index (χ2n) is 3.50. The van der Waals surface area contributed by atoms with Crippen LogP contribution >= 0.6 is 0 Å². The fourth-order valence-electron chi connectivity index (χ4n) is 1.62. The third-order valence-electron chi connectivity index (χ3n) is 2.41. The highest BCUT2D eigenvalue weighted by Gasteiger charge is 2.22. The summed E-state index contributed by atoms with van der Waals surface area (Å²) >= 11 is 0. The van der Waals surface area contributed by atoms with Crippen molar-refractivity contribution in [2.75, 3.05) is 28.1 Å². The maximum Gasteiger partial charge on any atom is 0.488 e. The lowest BCUT2D eigenvalue weighted by atomic mass is 9.76. The van der Waals surface area contributed by atoms with Crippen molar-refractivity contribution >= 4 is 12.6 Å². The summed E-state index contributed by atoms with van der Waals surface area (Å²) in [7, 11) is 2.88. The molecule has 0 bridgehead atoms. The molecule has 0 fully saturated rings. The van der Waals surface area contributed by atoms with Crippen LogP contribution < -0.4 is 14.9 Å². The number of rotatable bonds is 7. The van der Waals surface area contributed by atoms with E-state index in [1.165, 1.54) is 21.3 Å². The lowest BCUT2D eigenvalue weighted by molar-refractivity contribution is -0.0393. The Morgan fingerprint density at radius 3 is 2.33 bits per heavy atom. The molecule has 18 heavy (non-hydrogen) atoms. The van der Waals surface area contributed by atoms with Crippen LogP contribution in [0.15, 0.2) is 12.1 Å². The first-order valence-corrected chi connectivity index (χ1v) is 5.32. The van der Waals surface area contributed by atoms with Gasteiger partial charge in [0.15, 0.2) is 11.5 Å². The van der Waals surface area contributed by atoms with Gasteiger partial charge < -0.3 is 29.0 Å². The molecule has 0 saturated heterocycles. The van der Waals surface area contributed by atoms with Crippen LogP contribution in [0.5, 0.6) is 11.5 Å². The smallest absolute Gasteiger partial charge is 0.488 e. The van der Waals surface area contributed by atoms with Crippen LogP contribution in [0.4, 0.5) is 0 Å². The molecular weight excluding hydrogens is 239 g/mol. The molecule has 0 amide bonds. The number of ether oxygens (including phenoxy) is 4. The van der Waals surface area contributed by atoms with Crippen LogP contribution in [0, 0.1) is 0 Å². The predicted molar refractivity (Wildman–Crippen MR) is 66.0 cm³/mol. The molecular formula is C11H17BO6. The number of hydrogen-bond donors (Lipinski definition) is 2. The fraction of sp³-hybridized carbons (Fsp3) is 0.455. The molecule has 1 aromatic carbocycles. The van der Waals surface area contributed by atoms with E-state index in [0.29, 0.717) is 22.5 Å². The molecule has 0 aliphatic rings. The van der Waals surface area contributed by atoms with Crippen LogP contribution in [-0.2, 0) is 16.1 Å². The van der Waals surface area contributed by atoms with E-state index in [0.717, 1.165) is 0 Å². The molecule has 0 radical (unpaired) electrons. The van der Waals surface area contributed by atoms with Crippen molar-refractivity contribution in [3.05, 3.63) is 17.7 Å². The van der Waals surface area contributed by atoms with E-state index >= 15 is 0 Å². The molecule has 2 N–H and O–H groups in total. The lowest BCUT2D eigenvalue weighted by Gasteiger charge is -2.16. The Hall–Kier alpha value is -1.28. The largest absolute Gasteiger partial charge is 0.493 e. The predicted octanol–water partition coefficient (Wildman–Crippen LogP) is -0.496. The van der Waals surface area contributed by atoms with Crippen LogP contribution in [0.1, 0.15) is 5.56 Å². The second-order valence-corrected chi connectivity index (χ2v) is 3.50. The SMILES string of the molecule is COCOCc1c(B(O)O)ccc(OC)c1OC. The van der Waals surface area contributed by atoms with E-state index < -0.39 is 7.12 Å². The monoisotopic (exact) mass is 256 g/mol. The number of hydrogen-bond acceptors (Lipinski definition) is 6. The van der Waals surface area contributed by atoms with Crippen molar-refractivity contribution in [3.63, 3.8) is 0 Å². The highest BCUT2D eigenvalue weighted by atomic mass is 16.7. The molecule has 0 aliphatic heterocycles. The van der Waals surface area contributed by atoms with Gasteiger partial charge >= 0.3 is 7.12 Å². The van der Waals surface area contributed by atoms with Gasteiger partial charge in [-0.05, 0) is 11.5 Å². The Morgan fingerprint density at radius 2 is 1.83 bits per heavy atom. The molecule has 0 aromatic heterocycles. The van der Waals surface area contributed by atoms with Gasteiger partial charge in [0.05, 0.1) is 20.8 Å². The topological polar surface area (TPSA) is 77.4 Å². The Bertz CT molecular complexity index is 382. The zero-order chi connectivity index (χ0) is 13.5.